The lowest BCUT2D eigenvalue weighted by atomic mass is 9.77. The number of benzene rings is 3. The lowest BCUT2D eigenvalue weighted by molar-refractivity contribution is -0.152. The summed E-state index contributed by atoms with van der Waals surface area (Å²) in [6, 6.07) is 23.9. The van der Waals surface area contributed by atoms with E-state index in [1.54, 1.807) is 33.3 Å². The Hall–Kier alpha value is -5.67. The van der Waals surface area contributed by atoms with E-state index in [4.69, 9.17) is 19.9 Å². The quantitative estimate of drug-likeness (QED) is 0.0935. The van der Waals surface area contributed by atoms with Crippen LogP contribution in [-0.4, -0.2) is 90.5 Å². The zero-order valence-electron chi connectivity index (χ0n) is 44.7. The van der Waals surface area contributed by atoms with Crippen LogP contribution in [0.4, 0.5) is 4.39 Å². The number of aromatic hydroxyl groups is 1. The van der Waals surface area contributed by atoms with Gasteiger partial charge in [-0.25, -0.2) is 4.39 Å². The molecule has 2 atom stereocenters. The van der Waals surface area contributed by atoms with Crippen LogP contribution >= 0.6 is 12.4 Å². The molecule has 75 heavy (non-hydrogen) atoms. The van der Waals surface area contributed by atoms with E-state index >= 15 is 0 Å². The zero-order chi connectivity index (χ0) is 53.4. The maximum Gasteiger partial charge on any atom is 0.311 e. The van der Waals surface area contributed by atoms with E-state index in [-0.39, 0.29) is 99.6 Å². The molecule has 14 nitrogen and oxygen atoms in total. The van der Waals surface area contributed by atoms with Crippen molar-refractivity contribution in [3.05, 3.63) is 101 Å². The first-order valence-corrected chi connectivity index (χ1v) is 26.3. The van der Waals surface area contributed by atoms with Crippen molar-refractivity contribution in [2.75, 3.05) is 55.7 Å². The van der Waals surface area contributed by atoms with Crippen LogP contribution in [0.15, 0.2) is 84.7 Å². The summed E-state index contributed by atoms with van der Waals surface area (Å²) in [5.41, 5.74) is 9.70. The predicted molar refractivity (Wildman–Crippen MR) is 285 cm³/mol. The SMILES string of the molecule is CNC(=O)C12CCC(c3ccc(O)cc3)(CC1)C2.CNC(=O)C12CCC(c3ccc(OC/C(=C/F)CN)cc3)(CC1)C2.COC(=O)C12CCC(c3ccc(OC)cc3)(CC1)C2.COC(=O)C1CCC(C(=O)OC)C1.Cl. The van der Waals surface area contributed by atoms with Gasteiger partial charge in [0.05, 0.1) is 62.8 Å². The molecular formula is C59H79ClFN3O11. The Morgan fingerprint density at radius 1 is 0.587 bits per heavy atom. The number of fused-ring (bicyclic) bond motifs is 6. The first-order chi connectivity index (χ1) is 35.5. The van der Waals surface area contributed by atoms with Crippen molar-refractivity contribution < 1.29 is 57.2 Å². The van der Waals surface area contributed by atoms with Crippen molar-refractivity contribution in [2.45, 2.75) is 132 Å². The number of ether oxygens (including phenoxy) is 5. The molecule has 6 bridgehead atoms. The molecule has 5 N–H and O–H groups in total. The Labute approximate surface area is 448 Å². The monoisotopic (exact) mass is 1060 g/mol. The van der Waals surface area contributed by atoms with E-state index in [1.807, 2.05) is 36.4 Å². The summed E-state index contributed by atoms with van der Waals surface area (Å²) in [6.45, 7) is 0.316. The van der Waals surface area contributed by atoms with Crippen molar-refractivity contribution in [1.29, 1.82) is 0 Å². The molecule has 0 spiro atoms. The van der Waals surface area contributed by atoms with E-state index < -0.39 is 0 Å². The fraction of sp³-hybridized carbons (Fsp3) is 0.576. The summed E-state index contributed by atoms with van der Waals surface area (Å²) in [7, 11) is 9.38. The molecule has 3 aromatic carbocycles. The maximum absolute atomic E-state index is 12.5. The lowest BCUT2D eigenvalue weighted by Gasteiger charge is -2.27. The maximum atomic E-state index is 12.5. The van der Waals surface area contributed by atoms with E-state index in [0.717, 1.165) is 115 Å². The van der Waals surface area contributed by atoms with Crippen molar-refractivity contribution in [3.63, 3.8) is 0 Å². The smallest absolute Gasteiger partial charge is 0.311 e. The number of carbonyl (C=O) groups excluding carboxylic acids is 5. The third-order valence-electron chi connectivity index (χ3n) is 18.5. The van der Waals surface area contributed by atoms with Gasteiger partial charge in [-0.15, -0.1) is 12.4 Å². The van der Waals surface area contributed by atoms with Crippen molar-refractivity contribution >= 4 is 42.1 Å². The van der Waals surface area contributed by atoms with Gasteiger partial charge < -0.3 is 45.2 Å². The third kappa shape index (κ3) is 12.0. The minimum absolute atomic E-state index is 0. The number of phenolic OH excluding ortho intramolecular Hbond substituents is 1. The molecular weight excluding hydrogens is 981 g/mol. The van der Waals surface area contributed by atoms with Crippen LogP contribution in [0.25, 0.3) is 0 Å². The Morgan fingerprint density at radius 3 is 1.31 bits per heavy atom. The average Bonchev–Trinajstić information content (AvgIpc) is 4.35. The third-order valence-corrected chi connectivity index (χ3v) is 18.5. The molecule has 7 aliphatic carbocycles. The van der Waals surface area contributed by atoms with Gasteiger partial charge in [0.1, 0.15) is 23.9 Å². The highest BCUT2D eigenvalue weighted by molar-refractivity contribution is 5.85. The molecule has 410 valence electrons. The Morgan fingerprint density at radius 2 is 0.960 bits per heavy atom. The first kappa shape index (κ1) is 58.6. The number of amides is 2. The number of nitrogens with two attached hydrogens (primary N) is 1. The summed E-state index contributed by atoms with van der Waals surface area (Å²) in [4.78, 5) is 58.5. The topological polar surface area (TPSA) is 202 Å². The van der Waals surface area contributed by atoms with E-state index in [0.29, 0.717) is 29.8 Å². The predicted octanol–water partition coefficient (Wildman–Crippen LogP) is 9.41. The highest BCUT2D eigenvalue weighted by atomic mass is 35.5. The van der Waals surface area contributed by atoms with Crippen molar-refractivity contribution in [1.82, 2.24) is 10.6 Å². The Kier molecular flexibility index (Phi) is 19.2. The van der Waals surface area contributed by atoms with Crippen LogP contribution in [0, 0.1) is 28.1 Å². The zero-order valence-corrected chi connectivity index (χ0v) is 45.5. The summed E-state index contributed by atoms with van der Waals surface area (Å²) in [5.74, 6) is 1.62. The number of methoxy groups -OCH3 is 4. The molecule has 7 fully saturated rings. The number of esters is 3. The standard InChI is InChI=1S/C19H25FN2O2.C16H20O3.C15H19NO2.C9H14O4.ClH/c1-22-17(23)19-8-6-18(13-19,7-9-19)15-2-4-16(5-3-15)24-12-14(10-20)11-21;1-18-13-5-3-12(4-6-13)15-7-9-16(11-15,10-8-15)14(17)19-2;1-16-13(18)15-8-6-14(10-15,7-9-15)11-2-4-12(17)5-3-11;1-12-8(10)6-3-4-7(5-6)9(11)13-2;/h2-5,10H,6-9,11-13,21H2,1H3,(H,22,23);3-6H,7-11H2,1-2H3;2-5,17H,6-10H2,1H3,(H,16,18);6-7H,3-5H2,1-2H3;1H/b14-10+;;;;. The minimum Gasteiger partial charge on any atom is -0.508 e. The number of hydrogen-bond donors (Lipinski definition) is 4. The highest BCUT2D eigenvalue weighted by Crippen LogP contribution is 2.64. The van der Waals surface area contributed by atoms with Crippen molar-refractivity contribution in [3.8, 4) is 17.2 Å². The van der Waals surface area contributed by atoms with Gasteiger partial charge in [0.25, 0.3) is 0 Å². The molecule has 0 radical (unpaired) electrons. The van der Waals surface area contributed by atoms with Gasteiger partial charge in [-0.1, -0.05) is 36.4 Å². The van der Waals surface area contributed by atoms with Crippen molar-refractivity contribution in [2.24, 2.45) is 33.8 Å². The summed E-state index contributed by atoms with van der Waals surface area (Å²) < 4.78 is 37.5. The summed E-state index contributed by atoms with van der Waals surface area (Å²) >= 11 is 0. The fourth-order valence-electron chi connectivity index (χ4n) is 14.2. The molecule has 0 aromatic heterocycles. The second-order valence-electron chi connectivity index (χ2n) is 22.2. The second-order valence-corrected chi connectivity index (χ2v) is 22.2. The van der Waals surface area contributed by atoms with Gasteiger partial charge in [0.2, 0.25) is 11.8 Å². The van der Waals surface area contributed by atoms with Gasteiger partial charge in [-0.2, -0.15) is 0 Å². The average molecular weight is 1060 g/mol. The molecule has 0 saturated heterocycles. The van der Waals surface area contributed by atoms with E-state index in [9.17, 15) is 33.5 Å². The van der Waals surface area contributed by atoms with E-state index in [2.05, 4.69) is 44.4 Å². The molecule has 7 aliphatic rings. The Bertz CT molecular complexity index is 2450. The normalized spacial score (nSPS) is 30.2. The fourth-order valence-corrected chi connectivity index (χ4v) is 14.2. The minimum atomic E-state index is -0.216. The number of rotatable bonds is 13. The largest absolute Gasteiger partial charge is 0.508 e. The van der Waals surface area contributed by atoms with Gasteiger partial charge in [0, 0.05) is 26.2 Å². The van der Waals surface area contributed by atoms with Gasteiger partial charge in [0.15, 0.2) is 0 Å². The molecule has 7 saturated carbocycles. The number of halogens is 2. The first-order valence-electron chi connectivity index (χ1n) is 26.3. The molecule has 0 aliphatic heterocycles. The molecule has 2 unspecified atom stereocenters. The molecule has 0 heterocycles. The van der Waals surface area contributed by atoms with Crippen LogP contribution < -0.4 is 25.8 Å². The molecule has 10 rings (SSSR count). The van der Waals surface area contributed by atoms with Crippen LogP contribution in [0.5, 0.6) is 17.2 Å². The van der Waals surface area contributed by atoms with E-state index in [1.165, 1.54) is 38.0 Å². The lowest BCUT2D eigenvalue weighted by Crippen LogP contribution is -2.35. The summed E-state index contributed by atoms with van der Waals surface area (Å²) in [5, 5.41) is 15.0. The number of phenols is 1. The molecule has 2 amide bonds. The molecule has 16 heteroatoms. The number of hydrogen-bond acceptors (Lipinski definition) is 12. The van der Waals surface area contributed by atoms with Crippen LogP contribution in [-0.2, 0) is 54.4 Å². The molecule has 3 aromatic rings. The van der Waals surface area contributed by atoms with Gasteiger partial charge >= 0.3 is 17.9 Å². The van der Waals surface area contributed by atoms with Gasteiger partial charge in [-0.3, -0.25) is 24.0 Å². The second kappa shape index (κ2) is 24.5. The van der Waals surface area contributed by atoms with Crippen LogP contribution in [0.2, 0.25) is 0 Å². The number of carbonyl (C=O) groups is 5. The van der Waals surface area contributed by atoms with Gasteiger partial charge in [-0.05, 0) is 185 Å². The van der Waals surface area contributed by atoms with Crippen LogP contribution in [0.1, 0.15) is 132 Å². The van der Waals surface area contributed by atoms with Crippen LogP contribution in [0.3, 0.4) is 0 Å². The Balaban J connectivity index is 0.000000165. The highest BCUT2D eigenvalue weighted by Gasteiger charge is 2.60. The summed E-state index contributed by atoms with van der Waals surface area (Å²) in [6.07, 6.45) is 17.7. The number of nitrogens with one attached hydrogen (secondary N) is 2.